The number of likely N-dealkylation sites (N-methyl/N-ethyl adjacent to an activating group) is 2. The van der Waals surface area contributed by atoms with Crippen LogP contribution >= 0.6 is 0 Å². The van der Waals surface area contributed by atoms with Crippen LogP contribution in [0.3, 0.4) is 0 Å². The van der Waals surface area contributed by atoms with Gasteiger partial charge in [0.25, 0.3) is 5.91 Å². The van der Waals surface area contributed by atoms with Crippen LogP contribution in [0.1, 0.15) is 29.4 Å². The van der Waals surface area contributed by atoms with E-state index in [1.54, 1.807) is 18.7 Å². The van der Waals surface area contributed by atoms with Crippen LogP contribution in [0, 0.1) is 20.8 Å². The highest BCUT2D eigenvalue weighted by Gasteiger charge is 2.52. The molecule has 3 amide bonds. The first kappa shape index (κ1) is 19.0. The number of rotatable bonds is 3. The Morgan fingerprint density at radius 2 is 1.90 bits per heavy atom. The first-order valence-electron chi connectivity index (χ1n) is 9.72. The highest BCUT2D eigenvalue weighted by molar-refractivity contribution is 6.22. The number of nitrogens with zero attached hydrogens (tertiary/aromatic N) is 6. The number of imide groups is 1. The smallest absolute Gasteiger partial charge is 0.270 e. The Kier molecular flexibility index (Phi) is 4.56. The SMILES string of the molecule is CCN1C(=O)C2C(=NC(n3nc(C)cc3C)=[N+]2Cc2cccc(C)c2)N(C)C1=O. The van der Waals surface area contributed by atoms with Gasteiger partial charge in [0.15, 0.2) is 0 Å². The third-order valence-electron chi connectivity index (χ3n) is 5.34. The molecular weight excluding hydrogens is 368 g/mol. The minimum atomic E-state index is -0.655. The number of carbonyl (C=O) groups excluding carboxylic acids is 2. The summed E-state index contributed by atoms with van der Waals surface area (Å²) >= 11 is 0. The summed E-state index contributed by atoms with van der Waals surface area (Å²) in [7, 11) is 1.66. The summed E-state index contributed by atoms with van der Waals surface area (Å²) in [6, 6.07) is 9.13. The Hall–Kier alpha value is -3.29. The van der Waals surface area contributed by atoms with Crippen molar-refractivity contribution in [1.29, 1.82) is 0 Å². The van der Waals surface area contributed by atoms with Crippen LogP contribution < -0.4 is 0 Å². The van der Waals surface area contributed by atoms with E-state index in [4.69, 9.17) is 4.99 Å². The standard InChI is InChI=1S/C21H25N6O2/c1-6-25-19(28)17-18(24(5)21(25)29)22-20(27-15(4)11-14(3)23-27)26(17)12-16-9-7-8-13(2)10-16/h7-11,17H,6,12H2,1-5H3/q+1. The molecule has 4 rings (SSSR count). The van der Waals surface area contributed by atoms with Crippen molar-refractivity contribution < 1.29 is 14.2 Å². The van der Waals surface area contributed by atoms with Crippen LogP contribution in [0.2, 0.25) is 0 Å². The van der Waals surface area contributed by atoms with E-state index < -0.39 is 6.04 Å². The van der Waals surface area contributed by atoms with E-state index in [1.165, 1.54) is 9.80 Å². The second kappa shape index (κ2) is 6.95. The molecule has 1 saturated heterocycles. The molecule has 0 radical (unpaired) electrons. The molecule has 0 aliphatic carbocycles. The van der Waals surface area contributed by atoms with E-state index in [-0.39, 0.29) is 11.9 Å². The lowest BCUT2D eigenvalue weighted by atomic mass is 10.1. The molecule has 29 heavy (non-hydrogen) atoms. The number of hydrogen-bond donors (Lipinski definition) is 0. The van der Waals surface area contributed by atoms with E-state index in [0.717, 1.165) is 22.5 Å². The van der Waals surface area contributed by atoms with E-state index in [2.05, 4.69) is 11.2 Å². The fourth-order valence-corrected chi connectivity index (χ4v) is 3.97. The molecule has 1 fully saturated rings. The largest absolute Gasteiger partial charge is 0.421 e. The summed E-state index contributed by atoms with van der Waals surface area (Å²) in [5.41, 5.74) is 4.00. The number of amides is 3. The summed E-state index contributed by atoms with van der Waals surface area (Å²) in [6.07, 6.45) is 0. The third-order valence-corrected chi connectivity index (χ3v) is 5.34. The number of aliphatic imine (C=N–C) groups is 1. The molecule has 2 aliphatic heterocycles. The second-order valence-electron chi connectivity index (χ2n) is 7.55. The van der Waals surface area contributed by atoms with E-state index >= 15 is 0 Å². The molecular formula is C21H25N6O2+. The average Bonchev–Trinajstić information content (AvgIpc) is 3.20. The Morgan fingerprint density at radius 1 is 1.14 bits per heavy atom. The van der Waals surface area contributed by atoms with Gasteiger partial charge in [0.2, 0.25) is 11.9 Å². The van der Waals surface area contributed by atoms with E-state index in [1.807, 2.05) is 49.6 Å². The third kappa shape index (κ3) is 3.04. The van der Waals surface area contributed by atoms with Crippen molar-refractivity contribution in [3.63, 3.8) is 0 Å². The van der Waals surface area contributed by atoms with Crippen LogP contribution in [0.25, 0.3) is 0 Å². The first-order valence-corrected chi connectivity index (χ1v) is 9.72. The van der Waals surface area contributed by atoms with Gasteiger partial charge in [-0.3, -0.25) is 14.6 Å². The van der Waals surface area contributed by atoms with Crippen LogP contribution in [0.5, 0.6) is 0 Å². The zero-order chi connectivity index (χ0) is 20.9. The predicted octanol–water partition coefficient (Wildman–Crippen LogP) is 1.92. The first-order chi connectivity index (χ1) is 13.8. The van der Waals surface area contributed by atoms with Gasteiger partial charge >= 0.3 is 12.0 Å². The second-order valence-corrected chi connectivity index (χ2v) is 7.55. The van der Waals surface area contributed by atoms with Crippen molar-refractivity contribution in [3.8, 4) is 0 Å². The fourth-order valence-electron chi connectivity index (χ4n) is 3.97. The fraction of sp³-hybridized carbons (Fsp3) is 0.381. The number of urea groups is 1. The molecule has 1 atom stereocenters. The maximum atomic E-state index is 13.2. The average molecular weight is 393 g/mol. The lowest BCUT2D eigenvalue weighted by Gasteiger charge is -2.33. The molecule has 2 aliphatic rings. The molecule has 150 valence electrons. The number of benzene rings is 1. The number of carbonyl (C=O) groups is 2. The molecule has 1 unspecified atom stereocenters. The molecule has 1 aromatic heterocycles. The van der Waals surface area contributed by atoms with Crippen molar-refractivity contribution in [2.45, 2.75) is 40.3 Å². The minimum Gasteiger partial charge on any atom is -0.270 e. The maximum absolute atomic E-state index is 13.2. The van der Waals surface area contributed by atoms with Gasteiger partial charge in [-0.2, -0.15) is 0 Å². The van der Waals surface area contributed by atoms with Gasteiger partial charge in [-0.15, -0.1) is 9.78 Å². The van der Waals surface area contributed by atoms with Crippen LogP contribution in [0.15, 0.2) is 35.3 Å². The number of amidine groups is 1. The summed E-state index contributed by atoms with van der Waals surface area (Å²) < 4.78 is 3.69. The number of hydrogen-bond acceptors (Lipinski definition) is 4. The summed E-state index contributed by atoms with van der Waals surface area (Å²) in [5.74, 6) is 0.751. The van der Waals surface area contributed by atoms with Crippen molar-refractivity contribution in [3.05, 3.63) is 52.8 Å². The molecule has 0 spiro atoms. The van der Waals surface area contributed by atoms with Gasteiger partial charge in [-0.05, 0) is 39.3 Å². The number of aryl methyl sites for hydroxylation is 3. The van der Waals surface area contributed by atoms with Crippen molar-refractivity contribution >= 4 is 23.7 Å². The zero-order valence-corrected chi connectivity index (χ0v) is 17.4. The number of aromatic nitrogens is 2. The lowest BCUT2D eigenvalue weighted by Crippen LogP contribution is -2.62. The van der Waals surface area contributed by atoms with Crippen LogP contribution in [-0.2, 0) is 11.3 Å². The van der Waals surface area contributed by atoms with Gasteiger partial charge in [0.1, 0.15) is 5.69 Å². The molecule has 2 aromatic rings. The highest BCUT2D eigenvalue weighted by Crippen LogP contribution is 2.22. The van der Waals surface area contributed by atoms with Gasteiger partial charge in [0.05, 0.1) is 12.2 Å². The van der Waals surface area contributed by atoms with Gasteiger partial charge in [-0.1, -0.05) is 34.8 Å². The van der Waals surface area contributed by atoms with E-state index in [9.17, 15) is 9.59 Å². The molecule has 0 N–H and O–H groups in total. The maximum Gasteiger partial charge on any atom is 0.421 e. The topological polar surface area (TPSA) is 73.8 Å². The lowest BCUT2D eigenvalue weighted by molar-refractivity contribution is -0.553. The molecule has 8 heteroatoms. The highest BCUT2D eigenvalue weighted by atomic mass is 16.2. The van der Waals surface area contributed by atoms with Gasteiger partial charge in [-0.25, -0.2) is 9.37 Å². The van der Waals surface area contributed by atoms with Crippen LogP contribution in [-0.4, -0.2) is 67.5 Å². The van der Waals surface area contributed by atoms with Crippen molar-refractivity contribution in [2.24, 2.45) is 4.99 Å². The molecule has 1 aromatic carbocycles. The molecule has 0 saturated carbocycles. The Balaban J connectivity index is 1.88. The van der Waals surface area contributed by atoms with Crippen LogP contribution in [0.4, 0.5) is 4.79 Å². The predicted molar refractivity (Wildman–Crippen MR) is 109 cm³/mol. The van der Waals surface area contributed by atoms with Crippen molar-refractivity contribution in [2.75, 3.05) is 13.6 Å². The monoisotopic (exact) mass is 393 g/mol. The zero-order valence-electron chi connectivity index (χ0n) is 17.4. The summed E-state index contributed by atoms with van der Waals surface area (Å²) in [5, 5.41) is 4.57. The van der Waals surface area contributed by atoms with Crippen molar-refractivity contribution in [1.82, 2.24) is 19.6 Å². The van der Waals surface area contributed by atoms with Gasteiger partial charge < -0.3 is 0 Å². The minimum absolute atomic E-state index is 0.251. The Bertz CT molecular complexity index is 1080. The molecule has 0 bridgehead atoms. The Labute approximate surface area is 169 Å². The summed E-state index contributed by atoms with van der Waals surface area (Å²) in [4.78, 5) is 33.3. The van der Waals surface area contributed by atoms with Gasteiger partial charge in [0, 0.05) is 13.6 Å². The van der Waals surface area contributed by atoms with E-state index in [0.29, 0.717) is 24.9 Å². The quantitative estimate of drug-likeness (QED) is 0.748. The molecule has 3 heterocycles. The number of fused-ring (bicyclic) bond motifs is 1. The Morgan fingerprint density at radius 3 is 2.52 bits per heavy atom. The summed E-state index contributed by atoms with van der Waals surface area (Å²) in [6.45, 7) is 8.52. The normalized spacial score (nSPS) is 19.2. The molecule has 8 nitrogen and oxygen atoms in total.